The van der Waals surface area contributed by atoms with Gasteiger partial charge < -0.3 is 15.7 Å². The number of carbonyl (C=O) groups excluding carboxylic acids is 1. The molecule has 1 saturated heterocycles. The zero-order valence-corrected chi connectivity index (χ0v) is 11.8. The van der Waals surface area contributed by atoms with Crippen LogP contribution in [0.2, 0.25) is 5.02 Å². The Hall–Kier alpha value is -1.75. The Morgan fingerprint density at radius 3 is 2.65 bits per heavy atom. The van der Waals surface area contributed by atoms with E-state index in [1.165, 1.54) is 6.07 Å². The Labute approximate surface area is 122 Å². The molecular formula is C14H17ClN2O3. The minimum absolute atomic E-state index is 0.320. The van der Waals surface area contributed by atoms with Gasteiger partial charge in [-0.15, -0.1) is 0 Å². The van der Waals surface area contributed by atoms with Crippen LogP contribution in [0.3, 0.4) is 0 Å². The minimum atomic E-state index is -0.845. The van der Waals surface area contributed by atoms with Crippen molar-refractivity contribution in [2.24, 2.45) is 5.73 Å². The molecule has 1 atom stereocenters. The van der Waals surface area contributed by atoms with Crippen molar-refractivity contribution in [3.8, 4) is 0 Å². The Balaban J connectivity index is 2.36. The predicted octanol–water partition coefficient (Wildman–Crippen LogP) is 2.27. The Morgan fingerprint density at radius 2 is 2.05 bits per heavy atom. The number of aliphatic carboxylic acids is 1. The predicted molar refractivity (Wildman–Crippen MR) is 77.2 cm³/mol. The van der Waals surface area contributed by atoms with E-state index in [1.807, 2.05) is 4.90 Å². The van der Waals surface area contributed by atoms with Crippen molar-refractivity contribution in [1.29, 1.82) is 0 Å². The van der Waals surface area contributed by atoms with Gasteiger partial charge in [0.05, 0.1) is 10.7 Å². The molecule has 0 spiro atoms. The third-order valence-corrected chi connectivity index (χ3v) is 3.88. The molecule has 0 aromatic heterocycles. The third-order valence-electron chi connectivity index (χ3n) is 3.58. The van der Waals surface area contributed by atoms with Gasteiger partial charge in [0.25, 0.3) is 0 Å². The highest BCUT2D eigenvalue weighted by atomic mass is 35.5. The lowest BCUT2D eigenvalue weighted by atomic mass is 10.1. The first-order valence-electron chi connectivity index (χ1n) is 6.59. The second kappa shape index (κ2) is 6.13. The van der Waals surface area contributed by atoms with Gasteiger partial charge in [-0.3, -0.25) is 4.79 Å². The maximum absolute atomic E-state index is 11.4. The van der Waals surface area contributed by atoms with E-state index in [2.05, 4.69) is 0 Å². The monoisotopic (exact) mass is 296 g/mol. The Kier molecular flexibility index (Phi) is 4.49. The number of rotatable bonds is 3. The highest BCUT2D eigenvalue weighted by Gasteiger charge is 2.28. The smallest absolute Gasteiger partial charge is 0.326 e. The van der Waals surface area contributed by atoms with Crippen molar-refractivity contribution in [3.63, 3.8) is 0 Å². The van der Waals surface area contributed by atoms with Crippen LogP contribution in [0.25, 0.3) is 0 Å². The minimum Gasteiger partial charge on any atom is -0.480 e. The van der Waals surface area contributed by atoms with Crippen molar-refractivity contribution >= 4 is 29.2 Å². The van der Waals surface area contributed by atoms with Crippen LogP contribution in [-0.2, 0) is 4.79 Å². The molecule has 1 fully saturated rings. The number of hydrogen-bond donors (Lipinski definition) is 2. The summed E-state index contributed by atoms with van der Waals surface area (Å²) in [4.78, 5) is 24.4. The molecule has 0 bridgehead atoms. The number of benzene rings is 1. The number of nitrogens with two attached hydrogens (primary N) is 1. The van der Waals surface area contributed by atoms with Crippen LogP contribution in [-0.4, -0.2) is 29.6 Å². The fraction of sp³-hybridized carbons (Fsp3) is 0.429. The average molecular weight is 297 g/mol. The molecule has 0 aliphatic carbocycles. The fourth-order valence-corrected chi connectivity index (χ4v) is 2.84. The van der Waals surface area contributed by atoms with Gasteiger partial charge in [0.1, 0.15) is 6.04 Å². The first-order valence-corrected chi connectivity index (χ1v) is 6.97. The average Bonchev–Trinajstić information content (AvgIpc) is 2.64. The summed E-state index contributed by atoms with van der Waals surface area (Å²) >= 11 is 6.19. The van der Waals surface area contributed by atoms with Crippen molar-refractivity contribution in [2.45, 2.75) is 31.7 Å². The molecule has 108 valence electrons. The van der Waals surface area contributed by atoms with Crippen molar-refractivity contribution in [2.75, 3.05) is 11.4 Å². The number of hydrogen-bond acceptors (Lipinski definition) is 3. The van der Waals surface area contributed by atoms with Crippen LogP contribution in [0.1, 0.15) is 36.0 Å². The Morgan fingerprint density at radius 1 is 1.30 bits per heavy atom. The number of halogens is 1. The number of carbonyl (C=O) groups is 2. The lowest BCUT2D eigenvalue weighted by Crippen LogP contribution is -2.41. The highest BCUT2D eigenvalue weighted by Crippen LogP contribution is 2.31. The van der Waals surface area contributed by atoms with Crippen LogP contribution in [0.5, 0.6) is 0 Å². The molecule has 6 heteroatoms. The Bertz CT molecular complexity index is 533. The van der Waals surface area contributed by atoms with Crippen LogP contribution in [0, 0.1) is 0 Å². The summed E-state index contributed by atoms with van der Waals surface area (Å²) in [5, 5.41) is 9.73. The molecule has 1 heterocycles. The van der Waals surface area contributed by atoms with E-state index in [1.54, 1.807) is 12.1 Å². The number of anilines is 1. The summed E-state index contributed by atoms with van der Waals surface area (Å²) in [7, 11) is 0. The van der Waals surface area contributed by atoms with E-state index in [9.17, 15) is 14.7 Å². The maximum atomic E-state index is 11.4. The van der Waals surface area contributed by atoms with E-state index >= 15 is 0 Å². The molecule has 1 aliphatic rings. The van der Waals surface area contributed by atoms with E-state index in [0.29, 0.717) is 29.2 Å². The first-order chi connectivity index (χ1) is 9.50. The second-order valence-corrected chi connectivity index (χ2v) is 5.33. The summed E-state index contributed by atoms with van der Waals surface area (Å²) in [6.07, 6.45) is 3.43. The molecule has 2 rings (SSSR count). The summed E-state index contributed by atoms with van der Waals surface area (Å²) in [5.74, 6) is -1.40. The second-order valence-electron chi connectivity index (χ2n) is 4.93. The van der Waals surface area contributed by atoms with Crippen LogP contribution < -0.4 is 10.6 Å². The maximum Gasteiger partial charge on any atom is 0.326 e. The topological polar surface area (TPSA) is 83.6 Å². The lowest BCUT2D eigenvalue weighted by molar-refractivity contribution is -0.138. The van der Waals surface area contributed by atoms with Gasteiger partial charge in [-0.25, -0.2) is 4.79 Å². The van der Waals surface area contributed by atoms with Gasteiger partial charge in [-0.05, 0) is 31.0 Å². The van der Waals surface area contributed by atoms with Gasteiger partial charge >= 0.3 is 5.97 Å². The largest absolute Gasteiger partial charge is 0.480 e. The van der Waals surface area contributed by atoms with Gasteiger partial charge in [0.2, 0.25) is 5.91 Å². The van der Waals surface area contributed by atoms with Gasteiger partial charge in [0, 0.05) is 12.1 Å². The van der Waals surface area contributed by atoms with Gasteiger partial charge in [-0.1, -0.05) is 24.4 Å². The highest BCUT2D eigenvalue weighted by molar-refractivity contribution is 6.33. The van der Waals surface area contributed by atoms with Crippen LogP contribution in [0.4, 0.5) is 5.69 Å². The number of carboxylic acid groups (broad SMARTS) is 1. The lowest BCUT2D eigenvalue weighted by Gasteiger charge is -2.30. The molecule has 20 heavy (non-hydrogen) atoms. The third kappa shape index (κ3) is 3.04. The number of nitrogens with zero attached hydrogens (tertiary/aromatic N) is 1. The van der Waals surface area contributed by atoms with Crippen LogP contribution >= 0.6 is 11.6 Å². The van der Waals surface area contributed by atoms with E-state index < -0.39 is 17.9 Å². The number of carboxylic acids is 1. The summed E-state index contributed by atoms with van der Waals surface area (Å²) in [6.45, 7) is 0.645. The van der Waals surface area contributed by atoms with E-state index in [0.717, 1.165) is 19.3 Å². The fourth-order valence-electron chi connectivity index (χ4n) is 2.55. The SMILES string of the molecule is NC(=O)c1ccc(N2CCCCCC2C(=O)O)c(Cl)c1. The first kappa shape index (κ1) is 14.7. The molecule has 0 saturated carbocycles. The van der Waals surface area contributed by atoms with Crippen LogP contribution in [0.15, 0.2) is 18.2 Å². The number of primary amides is 1. The molecule has 1 unspecified atom stereocenters. The normalized spacial score (nSPS) is 19.4. The molecule has 3 N–H and O–H groups in total. The standard InChI is InChI=1S/C14H17ClN2O3/c15-10-8-9(13(16)18)5-6-11(10)17-7-3-1-2-4-12(17)14(19)20/h5-6,8,12H,1-4,7H2,(H2,16,18)(H,19,20). The number of amides is 1. The molecule has 5 nitrogen and oxygen atoms in total. The van der Waals surface area contributed by atoms with Crippen molar-refractivity contribution in [1.82, 2.24) is 0 Å². The summed E-state index contributed by atoms with van der Waals surface area (Å²) in [5.41, 5.74) is 6.17. The summed E-state index contributed by atoms with van der Waals surface area (Å²) < 4.78 is 0. The van der Waals surface area contributed by atoms with Gasteiger partial charge in [0.15, 0.2) is 0 Å². The van der Waals surface area contributed by atoms with Gasteiger partial charge in [-0.2, -0.15) is 0 Å². The quantitative estimate of drug-likeness (QED) is 0.896. The molecule has 0 radical (unpaired) electrons. The zero-order chi connectivity index (χ0) is 14.7. The molecule has 1 aromatic carbocycles. The molecule has 1 amide bonds. The molecular weight excluding hydrogens is 280 g/mol. The molecule has 1 aliphatic heterocycles. The van der Waals surface area contributed by atoms with E-state index in [4.69, 9.17) is 17.3 Å². The molecule has 1 aromatic rings. The van der Waals surface area contributed by atoms with E-state index in [-0.39, 0.29) is 0 Å². The van der Waals surface area contributed by atoms with Crippen molar-refractivity contribution < 1.29 is 14.7 Å². The zero-order valence-electron chi connectivity index (χ0n) is 11.0. The van der Waals surface area contributed by atoms with Crippen molar-refractivity contribution in [3.05, 3.63) is 28.8 Å². The summed E-state index contributed by atoms with van der Waals surface area (Å²) in [6, 6.07) is 4.16.